The average molecular weight is 549 g/mol. The summed E-state index contributed by atoms with van der Waals surface area (Å²) >= 11 is 0. The number of benzene rings is 2. The van der Waals surface area contributed by atoms with E-state index in [0.717, 1.165) is 0 Å². The Bertz CT molecular complexity index is 1290. The van der Waals surface area contributed by atoms with Gasteiger partial charge in [0.15, 0.2) is 6.04 Å². The third-order valence-corrected chi connectivity index (χ3v) is 5.14. The molecule has 0 bridgehead atoms. The van der Waals surface area contributed by atoms with Crippen molar-refractivity contribution in [2.75, 3.05) is 0 Å². The van der Waals surface area contributed by atoms with Crippen LogP contribution in [0.1, 0.15) is 16.8 Å². The van der Waals surface area contributed by atoms with Gasteiger partial charge >= 0.3 is 18.3 Å². The number of hydrogen-bond acceptors (Lipinski definition) is 5. The molecule has 0 aliphatic rings. The molecular formula is C23H21F6N3O6. The number of nitrogens with one attached hydrogen (secondary N) is 2. The molecule has 1 aromatic heterocycles. The Morgan fingerprint density at radius 3 is 2.03 bits per heavy atom. The van der Waals surface area contributed by atoms with Crippen LogP contribution in [-0.2, 0) is 33.4 Å². The van der Waals surface area contributed by atoms with Gasteiger partial charge in [-0.3, -0.25) is 4.79 Å². The van der Waals surface area contributed by atoms with Gasteiger partial charge in [-0.2, -0.15) is 26.3 Å². The van der Waals surface area contributed by atoms with Gasteiger partial charge in [0.1, 0.15) is 23.5 Å². The molecule has 0 unspecified atom stereocenters. The van der Waals surface area contributed by atoms with Gasteiger partial charge < -0.3 is 36.1 Å². The average Bonchev–Trinajstić information content (AvgIpc) is 3.19. The number of fused-ring (bicyclic) bond motifs is 1. The normalized spacial score (nSPS) is 13.2. The number of rotatable bonds is 7. The minimum absolute atomic E-state index is 0.0546. The molecule has 0 saturated heterocycles. The predicted octanol–water partition coefficient (Wildman–Crippen LogP) is 1.16. The van der Waals surface area contributed by atoms with Crippen LogP contribution < -0.4 is 16.2 Å². The molecule has 38 heavy (non-hydrogen) atoms. The van der Waals surface area contributed by atoms with Gasteiger partial charge in [-0.15, -0.1) is 0 Å². The van der Waals surface area contributed by atoms with Crippen molar-refractivity contribution >= 4 is 28.7 Å². The molecule has 0 fully saturated rings. The molecule has 0 aliphatic carbocycles. The Morgan fingerprint density at radius 1 is 0.974 bits per heavy atom. The highest BCUT2D eigenvalue weighted by atomic mass is 19.4. The maximum Gasteiger partial charge on any atom is 0.431 e. The zero-order valence-electron chi connectivity index (χ0n) is 19.2. The number of aromatic amines is 1. The maximum absolute atomic E-state index is 13.5. The number of aromatic nitrogens is 1. The molecule has 15 heteroatoms. The molecule has 3 rings (SSSR count). The van der Waals surface area contributed by atoms with Crippen LogP contribution in [0.3, 0.4) is 0 Å². The lowest BCUT2D eigenvalue weighted by atomic mass is 10.0. The van der Waals surface area contributed by atoms with E-state index >= 15 is 0 Å². The smallest absolute Gasteiger partial charge is 0.431 e. The standard InChI is InChI=1S/C21H20F3N3O4.C2HF3O2/c22-21(23,24)18-14(13-3-1-2-4-16(13)26-18)10-17(20(30)31)27-19(29)15(25)9-11-5-7-12(28)8-6-11;3-2(4,5)1(6)7/h1-8,15,17,26,28H,9-10,25H2,(H,27,29)(H,30,31);(H,6,7)/t15-,17-;/m0./s1. The zero-order valence-corrected chi connectivity index (χ0v) is 19.2. The molecule has 3 aromatic rings. The Hall–Kier alpha value is -4.27. The number of aromatic hydroxyl groups is 1. The van der Waals surface area contributed by atoms with Crippen LogP contribution in [0.15, 0.2) is 48.5 Å². The molecule has 2 aromatic carbocycles. The topological polar surface area (TPSA) is 170 Å². The number of alkyl halides is 6. The fourth-order valence-corrected chi connectivity index (χ4v) is 3.36. The number of phenolic OH excluding ortho intramolecular Hbond substituents is 1. The van der Waals surface area contributed by atoms with E-state index in [1.807, 2.05) is 0 Å². The first-order valence-corrected chi connectivity index (χ1v) is 10.6. The van der Waals surface area contributed by atoms with Gasteiger partial charge in [0.2, 0.25) is 0 Å². The number of carboxylic acid groups (broad SMARTS) is 2. The van der Waals surface area contributed by atoms with E-state index < -0.39 is 54.4 Å². The fourth-order valence-electron chi connectivity index (χ4n) is 3.36. The lowest BCUT2D eigenvalue weighted by Gasteiger charge is -2.18. The number of H-pyrrole nitrogens is 1. The van der Waals surface area contributed by atoms with Crippen LogP contribution in [-0.4, -0.2) is 51.3 Å². The summed E-state index contributed by atoms with van der Waals surface area (Å²) in [6.07, 6.45) is -10.3. The summed E-state index contributed by atoms with van der Waals surface area (Å²) in [6.45, 7) is 0. The van der Waals surface area contributed by atoms with Crippen molar-refractivity contribution in [2.24, 2.45) is 0 Å². The summed E-state index contributed by atoms with van der Waals surface area (Å²) in [7, 11) is 0. The summed E-state index contributed by atoms with van der Waals surface area (Å²) in [5.74, 6) is -5.11. The van der Waals surface area contributed by atoms with Crippen molar-refractivity contribution in [1.29, 1.82) is 0 Å². The maximum atomic E-state index is 13.5. The second-order valence-electron chi connectivity index (χ2n) is 7.98. The molecule has 7 N–H and O–H groups in total. The number of amides is 1. The molecule has 0 spiro atoms. The summed E-state index contributed by atoms with van der Waals surface area (Å²) in [4.78, 5) is 35.3. The van der Waals surface area contributed by atoms with Gasteiger partial charge in [0.25, 0.3) is 5.91 Å². The van der Waals surface area contributed by atoms with Gasteiger partial charge in [-0.1, -0.05) is 30.3 Å². The molecule has 1 amide bonds. The van der Waals surface area contributed by atoms with E-state index in [-0.39, 0.29) is 28.6 Å². The highest BCUT2D eigenvalue weighted by Crippen LogP contribution is 2.36. The number of quaternary nitrogens is 1. The first-order valence-electron chi connectivity index (χ1n) is 10.6. The minimum Gasteiger partial charge on any atom is -0.542 e. The van der Waals surface area contributed by atoms with E-state index in [2.05, 4.69) is 16.0 Å². The first-order chi connectivity index (χ1) is 17.5. The minimum atomic E-state index is -5.19. The molecule has 0 radical (unpaired) electrons. The van der Waals surface area contributed by atoms with Gasteiger partial charge in [-0.05, 0) is 29.3 Å². The quantitative estimate of drug-likeness (QED) is 0.277. The van der Waals surface area contributed by atoms with Crippen molar-refractivity contribution in [3.05, 3.63) is 65.4 Å². The summed E-state index contributed by atoms with van der Waals surface area (Å²) in [6, 6.07) is 9.67. The van der Waals surface area contributed by atoms with E-state index in [1.54, 1.807) is 24.3 Å². The molecular weight excluding hydrogens is 528 g/mol. The van der Waals surface area contributed by atoms with Crippen molar-refractivity contribution in [3.63, 3.8) is 0 Å². The van der Waals surface area contributed by atoms with Crippen LogP contribution in [0.25, 0.3) is 10.9 Å². The van der Waals surface area contributed by atoms with E-state index in [9.17, 15) is 46.1 Å². The lowest BCUT2D eigenvalue weighted by molar-refractivity contribution is -0.403. The van der Waals surface area contributed by atoms with Crippen LogP contribution in [0.2, 0.25) is 0 Å². The second-order valence-corrected chi connectivity index (χ2v) is 7.98. The number of para-hydroxylation sites is 1. The largest absolute Gasteiger partial charge is 0.542 e. The van der Waals surface area contributed by atoms with Crippen LogP contribution in [0.4, 0.5) is 26.3 Å². The van der Waals surface area contributed by atoms with E-state index in [4.69, 9.17) is 9.90 Å². The zero-order chi connectivity index (χ0) is 28.8. The van der Waals surface area contributed by atoms with E-state index in [0.29, 0.717) is 5.56 Å². The number of hydrogen-bond donors (Lipinski definition) is 5. The van der Waals surface area contributed by atoms with Crippen LogP contribution >= 0.6 is 0 Å². The fraction of sp³-hybridized carbons (Fsp3) is 0.261. The lowest BCUT2D eigenvalue weighted by Crippen LogP contribution is -2.69. The Kier molecular flexibility index (Phi) is 9.34. The number of carboxylic acids is 2. The van der Waals surface area contributed by atoms with Crippen LogP contribution in [0, 0.1) is 0 Å². The number of halogens is 6. The molecule has 1 heterocycles. The number of carbonyl (C=O) groups excluding carboxylic acids is 2. The van der Waals surface area contributed by atoms with Crippen molar-refractivity contribution in [2.45, 2.75) is 37.3 Å². The Morgan fingerprint density at radius 2 is 1.53 bits per heavy atom. The summed E-state index contributed by atoms with van der Waals surface area (Å²) in [5, 5.41) is 30.2. The SMILES string of the molecule is O=C([O-])C(F)(F)F.[NH3+][C@@H](Cc1ccc(O)cc1)C(=O)N[C@@H](Cc1c(C(F)(F)F)[nH]c2ccccc12)C(=O)O. The Balaban J connectivity index is 0.000000638. The number of aliphatic carboxylic acids is 2. The van der Waals surface area contributed by atoms with Gasteiger partial charge in [0, 0.05) is 23.7 Å². The summed E-state index contributed by atoms with van der Waals surface area (Å²) in [5.41, 5.74) is 3.37. The van der Waals surface area contributed by atoms with Gasteiger partial charge in [-0.25, -0.2) is 4.79 Å². The van der Waals surface area contributed by atoms with Crippen LogP contribution in [0.5, 0.6) is 5.75 Å². The Labute approximate surface area is 209 Å². The summed E-state index contributed by atoms with van der Waals surface area (Å²) < 4.78 is 72.1. The molecule has 9 nitrogen and oxygen atoms in total. The van der Waals surface area contributed by atoms with Gasteiger partial charge in [0.05, 0.1) is 0 Å². The molecule has 206 valence electrons. The molecule has 0 saturated carbocycles. The third kappa shape index (κ3) is 8.12. The molecule has 2 atom stereocenters. The third-order valence-electron chi connectivity index (χ3n) is 5.14. The number of phenols is 1. The number of carbonyl (C=O) groups is 3. The van der Waals surface area contributed by atoms with E-state index in [1.165, 1.54) is 24.3 Å². The highest BCUT2D eigenvalue weighted by molar-refractivity contribution is 5.89. The van der Waals surface area contributed by atoms with Crippen molar-refractivity contribution < 1.29 is 61.8 Å². The molecule has 0 aliphatic heterocycles. The monoisotopic (exact) mass is 549 g/mol. The van der Waals surface area contributed by atoms with Crippen molar-refractivity contribution in [3.8, 4) is 5.75 Å². The van der Waals surface area contributed by atoms with Crippen molar-refractivity contribution in [1.82, 2.24) is 10.3 Å². The second kappa shape index (κ2) is 11.9. The predicted molar refractivity (Wildman–Crippen MR) is 116 cm³/mol. The highest BCUT2D eigenvalue weighted by Gasteiger charge is 2.38. The first kappa shape index (κ1) is 30.0.